The summed E-state index contributed by atoms with van der Waals surface area (Å²) in [6, 6.07) is 6.58. The highest BCUT2D eigenvalue weighted by molar-refractivity contribution is 9.10. The van der Waals surface area contributed by atoms with Gasteiger partial charge in [0.15, 0.2) is 0 Å². The minimum absolute atomic E-state index is 0.707. The minimum Gasteiger partial charge on any atom is -0.371 e. The second-order valence-electron chi connectivity index (χ2n) is 4.26. The van der Waals surface area contributed by atoms with Crippen LogP contribution in [-0.4, -0.2) is 19.6 Å². The number of hydrogen-bond donors (Lipinski definition) is 1. The van der Waals surface area contributed by atoms with Crippen molar-refractivity contribution in [2.75, 3.05) is 24.5 Å². The number of unbranched alkanes of at least 4 members (excludes halogenated alkanes) is 1. The van der Waals surface area contributed by atoms with Gasteiger partial charge in [-0.2, -0.15) is 0 Å². The van der Waals surface area contributed by atoms with Crippen LogP contribution in [0.25, 0.3) is 0 Å². The summed E-state index contributed by atoms with van der Waals surface area (Å²) in [5.74, 6) is 0. The molecule has 17 heavy (non-hydrogen) atoms. The highest BCUT2D eigenvalue weighted by Gasteiger charge is 2.08. The van der Waals surface area contributed by atoms with Crippen LogP contribution in [0.2, 0.25) is 0 Å². The molecule has 0 fully saturated rings. The minimum atomic E-state index is 0.707. The van der Waals surface area contributed by atoms with Crippen molar-refractivity contribution in [2.24, 2.45) is 5.73 Å². The molecule has 2 nitrogen and oxygen atoms in total. The van der Waals surface area contributed by atoms with Gasteiger partial charge in [-0.25, -0.2) is 0 Å². The standard InChI is InChI=1S/C14H23BrN2/c1-3-5-10-17(4-2)14-7-6-12(8-9-16)11-13(14)15/h6-7,11H,3-5,8-10,16H2,1-2H3. The molecule has 0 unspecified atom stereocenters. The number of benzene rings is 1. The molecule has 0 amide bonds. The Morgan fingerprint density at radius 1 is 1.29 bits per heavy atom. The zero-order valence-corrected chi connectivity index (χ0v) is 12.5. The Morgan fingerprint density at radius 2 is 2.06 bits per heavy atom. The monoisotopic (exact) mass is 298 g/mol. The SMILES string of the molecule is CCCCN(CC)c1ccc(CCN)cc1Br. The Morgan fingerprint density at radius 3 is 2.59 bits per heavy atom. The lowest BCUT2D eigenvalue weighted by molar-refractivity contribution is 0.731. The second kappa shape index (κ2) is 7.72. The van der Waals surface area contributed by atoms with E-state index in [1.807, 2.05) is 0 Å². The molecule has 96 valence electrons. The van der Waals surface area contributed by atoms with Gasteiger partial charge < -0.3 is 10.6 Å². The largest absolute Gasteiger partial charge is 0.371 e. The molecule has 0 saturated heterocycles. The van der Waals surface area contributed by atoms with E-state index in [4.69, 9.17) is 5.73 Å². The van der Waals surface area contributed by atoms with E-state index >= 15 is 0 Å². The van der Waals surface area contributed by atoms with E-state index in [9.17, 15) is 0 Å². The summed E-state index contributed by atoms with van der Waals surface area (Å²) in [6.45, 7) is 7.32. The number of anilines is 1. The third kappa shape index (κ3) is 4.32. The fourth-order valence-electron chi connectivity index (χ4n) is 1.93. The van der Waals surface area contributed by atoms with Crippen molar-refractivity contribution >= 4 is 21.6 Å². The van der Waals surface area contributed by atoms with Crippen molar-refractivity contribution < 1.29 is 0 Å². The van der Waals surface area contributed by atoms with Crippen LogP contribution in [0.1, 0.15) is 32.3 Å². The summed E-state index contributed by atoms with van der Waals surface area (Å²) in [5.41, 5.74) is 8.17. The van der Waals surface area contributed by atoms with Gasteiger partial charge in [0.1, 0.15) is 0 Å². The highest BCUT2D eigenvalue weighted by Crippen LogP contribution is 2.27. The zero-order valence-electron chi connectivity index (χ0n) is 10.9. The lowest BCUT2D eigenvalue weighted by Crippen LogP contribution is -2.24. The Bertz CT molecular complexity index is 339. The number of halogens is 1. The third-order valence-corrected chi connectivity index (χ3v) is 3.58. The van der Waals surface area contributed by atoms with Crippen molar-refractivity contribution in [1.82, 2.24) is 0 Å². The van der Waals surface area contributed by atoms with Crippen molar-refractivity contribution in [3.05, 3.63) is 28.2 Å². The Kier molecular flexibility index (Phi) is 6.60. The topological polar surface area (TPSA) is 29.3 Å². The highest BCUT2D eigenvalue weighted by atomic mass is 79.9. The van der Waals surface area contributed by atoms with Crippen molar-refractivity contribution in [2.45, 2.75) is 33.1 Å². The maximum absolute atomic E-state index is 5.57. The van der Waals surface area contributed by atoms with Gasteiger partial charge in [-0.1, -0.05) is 19.4 Å². The van der Waals surface area contributed by atoms with Crippen molar-refractivity contribution in [3.8, 4) is 0 Å². The summed E-state index contributed by atoms with van der Waals surface area (Å²) < 4.78 is 1.18. The third-order valence-electron chi connectivity index (χ3n) is 2.95. The summed E-state index contributed by atoms with van der Waals surface area (Å²) in [6.07, 6.45) is 3.42. The molecule has 1 aromatic rings. The molecule has 0 radical (unpaired) electrons. The molecule has 0 saturated carbocycles. The molecule has 0 aliphatic rings. The van der Waals surface area contributed by atoms with Crippen LogP contribution in [0.15, 0.2) is 22.7 Å². The first-order valence-corrected chi connectivity index (χ1v) is 7.25. The molecule has 0 bridgehead atoms. The summed E-state index contributed by atoms with van der Waals surface area (Å²) in [5, 5.41) is 0. The van der Waals surface area contributed by atoms with Gasteiger partial charge in [0.05, 0.1) is 5.69 Å². The molecule has 1 aromatic carbocycles. The number of nitrogens with zero attached hydrogens (tertiary/aromatic N) is 1. The van der Waals surface area contributed by atoms with E-state index in [-0.39, 0.29) is 0 Å². The molecule has 0 aromatic heterocycles. The predicted molar refractivity (Wildman–Crippen MR) is 79.7 cm³/mol. The molecule has 0 heterocycles. The van der Waals surface area contributed by atoms with E-state index in [1.165, 1.54) is 28.6 Å². The molecule has 0 aliphatic carbocycles. The molecule has 1 rings (SSSR count). The van der Waals surface area contributed by atoms with Crippen LogP contribution in [0.3, 0.4) is 0 Å². The van der Waals surface area contributed by atoms with E-state index in [0.717, 1.165) is 19.5 Å². The fourth-order valence-corrected chi connectivity index (χ4v) is 2.60. The van der Waals surface area contributed by atoms with Crippen LogP contribution in [0, 0.1) is 0 Å². The summed E-state index contributed by atoms with van der Waals surface area (Å²) in [7, 11) is 0. The first kappa shape index (κ1) is 14.5. The Balaban J connectivity index is 2.81. The van der Waals surface area contributed by atoms with Gasteiger partial charge in [0, 0.05) is 17.6 Å². The van der Waals surface area contributed by atoms with Gasteiger partial charge in [-0.3, -0.25) is 0 Å². The predicted octanol–water partition coefficient (Wildman–Crippen LogP) is 3.58. The van der Waals surface area contributed by atoms with E-state index in [0.29, 0.717) is 6.54 Å². The summed E-state index contributed by atoms with van der Waals surface area (Å²) in [4.78, 5) is 2.42. The van der Waals surface area contributed by atoms with Crippen LogP contribution >= 0.6 is 15.9 Å². The maximum atomic E-state index is 5.57. The van der Waals surface area contributed by atoms with Gasteiger partial charge in [-0.05, 0) is 59.9 Å². The quantitative estimate of drug-likeness (QED) is 0.834. The van der Waals surface area contributed by atoms with Crippen LogP contribution in [0.5, 0.6) is 0 Å². The average molecular weight is 299 g/mol. The molecular formula is C14H23BrN2. The van der Waals surface area contributed by atoms with E-state index in [2.05, 4.69) is 52.9 Å². The van der Waals surface area contributed by atoms with E-state index < -0.39 is 0 Å². The van der Waals surface area contributed by atoms with E-state index in [1.54, 1.807) is 0 Å². The number of nitrogens with two attached hydrogens (primary N) is 1. The van der Waals surface area contributed by atoms with Gasteiger partial charge in [0.25, 0.3) is 0 Å². The van der Waals surface area contributed by atoms with Crippen molar-refractivity contribution in [3.63, 3.8) is 0 Å². The van der Waals surface area contributed by atoms with Crippen LogP contribution < -0.4 is 10.6 Å². The van der Waals surface area contributed by atoms with Gasteiger partial charge in [-0.15, -0.1) is 0 Å². The molecule has 0 aliphatic heterocycles. The average Bonchev–Trinajstić information content (AvgIpc) is 2.32. The van der Waals surface area contributed by atoms with Crippen molar-refractivity contribution in [1.29, 1.82) is 0 Å². The lowest BCUT2D eigenvalue weighted by Gasteiger charge is -2.24. The normalized spacial score (nSPS) is 10.6. The molecular weight excluding hydrogens is 276 g/mol. The fraction of sp³-hybridized carbons (Fsp3) is 0.571. The smallest absolute Gasteiger partial charge is 0.0510 e. The van der Waals surface area contributed by atoms with Gasteiger partial charge in [0.2, 0.25) is 0 Å². The molecule has 2 N–H and O–H groups in total. The lowest BCUT2D eigenvalue weighted by atomic mass is 10.1. The summed E-state index contributed by atoms with van der Waals surface area (Å²) >= 11 is 3.67. The molecule has 3 heteroatoms. The Labute approximate surface area is 113 Å². The molecule has 0 spiro atoms. The zero-order chi connectivity index (χ0) is 12.7. The van der Waals surface area contributed by atoms with Crippen LogP contribution in [0.4, 0.5) is 5.69 Å². The second-order valence-corrected chi connectivity index (χ2v) is 5.11. The number of hydrogen-bond acceptors (Lipinski definition) is 2. The number of rotatable bonds is 7. The first-order valence-electron chi connectivity index (χ1n) is 6.46. The maximum Gasteiger partial charge on any atom is 0.0510 e. The Hall–Kier alpha value is -0.540. The van der Waals surface area contributed by atoms with Gasteiger partial charge >= 0.3 is 0 Å². The van der Waals surface area contributed by atoms with Crippen LogP contribution in [-0.2, 0) is 6.42 Å². The first-order chi connectivity index (χ1) is 8.22. The molecule has 0 atom stereocenters.